The molecule has 0 aliphatic rings. The summed E-state index contributed by atoms with van der Waals surface area (Å²) in [5.41, 5.74) is 1.17. The van der Waals surface area contributed by atoms with Crippen LogP contribution in [0.1, 0.15) is 26.3 Å². The van der Waals surface area contributed by atoms with Crippen molar-refractivity contribution in [2.75, 3.05) is 18.0 Å². The van der Waals surface area contributed by atoms with Gasteiger partial charge >= 0.3 is 0 Å². The van der Waals surface area contributed by atoms with E-state index in [1.807, 2.05) is 25.7 Å². The summed E-state index contributed by atoms with van der Waals surface area (Å²) < 4.78 is 13.1. The molecule has 0 heterocycles. The Morgan fingerprint density at radius 3 is 2.68 bits per heavy atom. The van der Waals surface area contributed by atoms with Crippen molar-refractivity contribution < 1.29 is 14.3 Å². The molecular weight excluding hydrogens is 247 g/mol. The Kier molecular flexibility index (Phi) is 5.76. The third kappa shape index (κ3) is 4.52. The molecule has 1 aromatic rings. The largest absolute Gasteiger partial charge is 0.392 e. The van der Waals surface area contributed by atoms with E-state index in [0.29, 0.717) is 17.8 Å². The Bertz CT molecular complexity index is 435. The molecule has 0 saturated carbocycles. The quantitative estimate of drug-likeness (QED) is 0.825. The van der Waals surface area contributed by atoms with Crippen LogP contribution in [0.2, 0.25) is 0 Å². The lowest BCUT2D eigenvalue weighted by molar-refractivity contribution is -0.120. The first-order valence-corrected chi connectivity index (χ1v) is 6.41. The minimum atomic E-state index is -0.393. The van der Waals surface area contributed by atoms with E-state index in [9.17, 15) is 14.3 Å². The molecule has 1 amide bonds. The number of aliphatic hydroxyl groups is 1. The van der Waals surface area contributed by atoms with Crippen molar-refractivity contribution in [3.63, 3.8) is 0 Å². The van der Waals surface area contributed by atoms with Gasteiger partial charge < -0.3 is 15.3 Å². The second-order valence-electron chi connectivity index (χ2n) is 4.67. The molecule has 1 aromatic carbocycles. The summed E-state index contributed by atoms with van der Waals surface area (Å²) in [5, 5.41) is 12.1. The molecule has 0 aliphatic heterocycles. The van der Waals surface area contributed by atoms with Gasteiger partial charge in [0.2, 0.25) is 5.91 Å². The summed E-state index contributed by atoms with van der Waals surface area (Å²) in [6.45, 7) is 6.23. The number of carbonyl (C=O) groups excluding carboxylic acids is 1. The monoisotopic (exact) mass is 268 g/mol. The summed E-state index contributed by atoms with van der Waals surface area (Å²) in [6.07, 6.45) is 0. The predicted molar refractivity (Wildman–Crippen MR) is 73.5 cm³/mol. The molecule has 1 rings (SSSR count). The zero-order valence-electron chi connectivity index (χ0n) is 11.6. The summed E-state index contributed by atoms with van der Waals surface area (Å²) >= 11 is 0. The van der Waals surface area contributed by atoms with Crippen LogP contribution in [-0.4, -0.2) is 30.1 Å². The normalized spacial score (nSPS) is 10.6. The van der Waals surface area contributed by atoms with E-state index < -0.39 is 5.82 Å². The van der Waals surface area contributed by atoms with E-state index in [4.69, 9.17) is 0 Å². The Balaban J connectivity index is 2.88. The van der Waals surface area contributed by atoms with Crippen molar-refractivity contribution in [2.45, 2.75) is 33.4 Å². The molecule has 106 valence electrons. The highest BCUT2D eigenvalue weighted by Crippen LogP contribution is 2.21. The number of nitrogens with zero attached hydrogens (tertiary/aromatic N) is 1. The third-order valence-corrected chi connectivity index (χ3v) is 2.72. The Morgan fingerprint density at radius 1 is 1.47 bits per heavy atom. The SMILES string of the molecule is CCN(CC(=O)NC(C)C)c1ccc(F)cc1CO. The second kappa shape index (κ2) is 7.09. The third-order valence-electron chi connectivity index (χ3n) is 2.72. The first kappa shape index (κ1) is 15.4. The van der Waals surface area contributed by atoms with Crippen LogP contribution in [0.3, 0.4) is 0 Å². The fraction of sp³-hybridized carbons (Fsp3) is 0.500. The Labute approximate surface area is 113 Å². The number of amides is 1. The first-order chi connectivity index (χ1) is 8.97. The Morgan fingerprint density at radius 2 is 2.16 bits per heavy atom. The number of carbonyl (C=O) groups is 1. The van der Waals surface area contributed by atoms with Gasteiger partial charge in [-0.3, -0.25) is 4.79 Å². The van der Waals surface area contributed by atoms with Gasteiger partial charge in [-0.25, -0.2) is 4.39 Å². The van der Waals surface area contributed by atoms with Crippen LogP contribution in [0.15, 0.2) is 18.2 Å². The minimum absolute atomic E-state index is 0.0803. The molecule has 0 unspecified atom stereocenters. The molecule has 4 nitrogen and oxygen atoms in total. The number of anilines is 1. The van der Waals surface area contributed by atoms with Gasteiger partial charge in [0.05, 0.1) is 13.2 Å². The van der Waals surface area contributed by atoms with Crippen LogP contribution in [0.4, 0.5) is 10.1 Å². The fourth-order valence-electron chi connectivity index (χ4n) is 1.90. The van der Waals surface area contributed by atoms with E-state index in [1.54, 1.807) is 6.07 Å². The highest BCUT2D eigenvalue weighted by molar-refractivity contribution is 5.81. The van der Waals surface area contributed by atoms with Crippen molar-refractivity contribution in [3.05, 3.63) is 29.6 Å². The number of hydrogen-bond donors (Lipinski definition) is 2. The number of hydrogen-bond acceptors (Lipinski definition) is 3. The van der Waals surface area contributed by atoms with Crippen molar-refractivity contribution in [1.29, 1.82) is 0 Å². The Hall–Kier alpha value is -1.62. The van der Waals surface area contributed by atoms with Crippen molar-refractivity contribution in [1.82, 2.24) is 5.32 Å². The molecule has 2 N–H and O–H groups in total. The van der Waals surface area contributed by atoms with Crippen molar-refractivity contribution >= 4 is 11.6 Å². The van der Waals surface area contributed by atoms with Gasteiger partial charge in [-0.2, -0.15) is 0 Å². The van der Waals surface area contributed by atoms with E-state index in [0.717, 1.165) is 0 Å². The maximum absolute atomic E-state index is 13.1. The molecule has 0 spiro atoms. The van der Waals surface area contributed by atoms with E-state index in [-0.39, 0.29) is 25.1 Å². The van der Waals surface area contributed by atoms with E-state index in [2.05, 4.69) is 5.32 Å². The number of nitrogens with one attached hydrogen (secondary N) is 1. The van der Waals surface area contributed by atoms with Crippen LogP contribution < -0.4 is 10.2 Å². The number of benzene rings is 1. The molecule has 0 atom stereocenters. The summed E-state index contributed by atoms with van der Waals surface area (Å²) in [7, 11) is 0. The summed E-state index contributed by atoms with van der Waals surface area (Å²) in [6, 6.07) is 4.29. The maximum atomic E-state index is 13.1. The van der Waals surface area contributed by atoms with Crippen molar-refractivity contribution in [3.8, 4) is 0 Å². The van der Waals surface area contributed by atoms with Crippen LogP contribution in [-0.2, 0) is 11.4 Å². The van der Waals surface area contributed by atoms with E-state index in [1.165, 1.54) is 12.1 Å². The zero-order valence-corrected chi connectivity index (χ0v) is 11.6. The number of aliphatic hydroxyl groups excluding tert-OH is 1. The van der Waals surface area contributed by atoms with Crippen molar-refractivity contribution in [2.24, 2.45) is 0 Å². The molecule has 0 aliphatic carbocycles. The molecular formula is C14H21FN2O2. The number of halogens is 1. The van der Waals surface area contributed by atoms with Crippen LogP contribution in [0.25, 0.3) is 0 Å². The van der Waals surface area contributed by atoms with Gasteiger partial charge in [0.1, 0.15) is 5.82 Å². The van der Waals surface area contributed by atoms with Crippen LogP contribution in [0, 0.1) is 5.82 Å². The summed E-state index contributed by atoms with van der Waals surface area (Å²) in [4.78, 5) is 13.6. The lowest BCUT2D eigenvalue weighted by atomic mass is 10.1. The molecule has 0 saturated heterocycles. The second-order valence-corrected chi connectivity index (χ2v) is 4.67. The highest BCUT2D eigenvalue weighted by Gasteiger charge is 2.14. The van der Waals surface area contributed by atoms with E-state index >= 15 is 0 Å². The molecule has 0 aromatic heterocycles. The van der Waals surface area contributed by atoms with Crippen LogP contribution in [0.5, 0.6) is 0 Å². The molecule has 0 fully saturated rings. The van der Waals surface area contributed by atoms with Gasteiger partial charge in [0, 0.05) is 23.8 Å². The molecule has 19 heavy (non-hydrogen) atoms. The smallest absolute Gasteiger partial charge is 0.239 e. The number of rotatable bonds is 6. The highest BCUT2D eigenvalue weighted by atomic mass is 19.1. The van der Waals surface area contributed by atoms with Gasteiger partial charge in [-0.15, -0.1) is 0 Å². The van der Waals surface area contributed by atoms with Crippen LogP contribution >= 0.6 is 0 Å². The van der Waals surface area contributed by atoms with Gasteiger partial charge in [-0.1, -0.05) is 0 Å². The lowest BCUT2D eigenvalue weighted by Gasteiger charge is -2.25. The summed E-state index contributed by atoms with van der Waals surface area (Å²) in [5.74, 6) is -0.486. The predicted octanol–water partition coefficient (Wildman–Crippen LogP) is 1.67. The molecule has 0 radical (unpaired) electrons. The standard InChI is InChI=1S/C14H21FN2O2/c1-4-17(8-14(19)16-10(2)3)13-6-5-12(15)7-11(13)9-18/h5-7,10,18H,4,8-9H2,1-3H3,(H,16,19). The number of likely N-dealkylation sites (N-methyl/N-ethyl adjacent to an activating group) is 1. The first-order valence-electron chi connectivity index (χ1n) is 6.41. The lowest BCUT2D eigenvalue weighted by Crippen LogP contribution is -2.40. The average molecular weight is 268 g/mol. The average Bonchev–Trinajstić information content (AvgIpc) is 2.35. The zero-order chi connectivity index (χ0) is 14.4. The fourth-order valence-corrected chi connectivity index (χ4v) is 1.90. The minimum Gasteiger partial charge on any atom is -0.392 e. The molecule has 0 bridgehead atoms. The van der Waals surface area contributed by atoms with Gasteiger partial charge in [0.15, 0.2) is 0 Å². The molecule has 5 heteroatoms. The van der Waals surface area contributed by atoms with Gasteiger partial charge in [-0.05, 0) is 39.0 Å². The van der Waals surface area contributed by atoms with Gasteiger partial charge in [0.25, 0.3) is 0 Å². The maximum Gasteiger partial charge on any atom is 0.239 e. The topological polar surface area (TPSA) is 52.6 Å².